The summed E-state index contributed by atoms with van der Waals surface area (Å²) in [5, 5.41) is 6.25. The van der Waals surface area contributed by atoms with Crippen LogP contribution in [-0.2, 0) is 4.74 Å². The van der Waals surface area contributed by atoms with Crippen LogP contribution >= 0.6 is 0 Å². The Bertz CT molecular complexity index is 615. The first-order valence-corrected chi connectivity index (χ1v) is 11.3. The quantitative estimate of drug-likeness (QED) is 0.335. The summed E-state index contributed by atoms with van der Waals surface area (Å²) in [6.45, 7) is 6.66. The van der Waals surface area contributed by atoms with Crippen LogP contribution in [0.2, 0.25) is 0 Å². The minimum absolute atomic E-state index is 0.148. The SMILES string of the molecule is C=CCCNCCCCCCOC1CCC(N(C)C(=O)Nc2ccc(F)cc2)CC1. The molecule has 30 heavy (non-hydrogen) atoms. The van der Waals surface area contributed by atoms with Crippen LogP contribution in [0.25, 0.3) is 0 Å². The minimum atomic E-state index is -0.309. The lowest BCUT2D eigenvalue weighted by Crippen LogP contribution is -2.42. The van der Waals surface area contributed by atoms with E-state index in [1.807, 2.05) is 13.1 Å². The maximum Gasteiger partial charge on any atom is 0.321 e. The van der Waals surface area contributed by atoms with Crippen LogP contribution in [-0.4, -0.2) is 49.8 Å². The van der Waals surface area contributed by atoms with Crippen molar-refractivity contribution in [1.29, 1.82) is 0 Å². The predicted molar refractivity (Wildman–Crippen MR) is 121 cm³/mol. The van der Waals surface area contributed by atoms with Crippen LogP contribution in [0.1, 0.15) is 57.8 Å². The van der Waals surface area contributed by atoms with E-state index in [1.165, 1.54) is 31.4 Å². The maximum absolute atomic E-state index is 13.0. The molecule has 0 spiro atoms. The molecule has 1 aromatic rings. The normalized spacial score (nSPS) is 18.7. The molecule has 0 bridgehead atoms. The topological polar surface area (TPSA) is 53.6 Å². The van der Waals surface area contributed by atoms with E-state index in [2.05, 4.69) is 17.2 Å². The highest BCUT2D eigenvalue weighted by atomic mass is 19.1. The van der Waals surface area contributed by atoms with Crippen LogP contribution in [0, 0.1) is 5.82 Å². The van der Waals surface area contributed by atoms with Gasteiger partial charge in [-0.05, 0) is 82.3 Å². The number of hydrogen-bond acceptors (Lipinski definition) is 3. The van der Waals surface area contributed by atoms with E-state index in [9.17, 15) is 9.18 Å². The second-order valence-electron chi connectivity index (χ2n) is 8.09. The molecule has 0 heterocycles. The third-order valence-corrected chi connectivity index (χ3v) is 5.73. The fraction of sp³-hybridized carbons (Fsp3) is 0.625. The Morgan fingerprint density at radius 2 is 1.83 bits per heavy atom. The zero-order valence-electron chi connectivity index (χ0n) is 18.4. The number of nitrogens with one attached hydrogen (secondary N) is 2. The summed E-state index contributed by atoms with van der Waals surface area (Å²) in [4.78, 5) is 14.2. The van der Waals surface area contributed by atoms with Gasteiger partial charge in [0.1, 0.15) is 5.82 Å². The van der Waals surface area contributed by atoms with Crippen molar-refractivity contribution in [2.24, 2.45) is 0 Å². The molecule has 1 saturated carbocycles. The molecule has 168 valence electrons. The van der Waals surface area contributed by atoms with E-state index in [1.54, 1.807) is 17.0 Å². The molecule has 0 saturated heterocycles. The molecule has 1 aliphatic carbocycles. The molecule has 0 radical (unpaired) electrons. The van der Waals surface area contributed by atoms with Crippen LogP contribution < -0.4 is 10.6 Å². The van der Waals surface area contributed by atoms with Gasteiger partial charge in [0.15, 0.2) is 0 Å². The highest BCUT2D eigenvalue weighted by Gasteiger charge is 2.26. The fourth-order valence-corrected chi connectivity index (χ4v) is 3.79. The van der Waals surface area contributed by atoms with E-state index >= 15 is 0 Å². The van der Waals surface area contributed by atoms with Crippen molar-refractivity contribution in [2.45, 2.75) is 69.9 Å². The number of ether oxygens (including phenoxy) is 1. The Hall–Kier alpha value is -1.92. The van der Waals surface area contributed by atoms with Gasteiger partial charge in [0.2, 0.25) is 0 Å². The van der Waals surface area contributed by atoms with Gasteiger partial charge >= 0.3 is 6.03 Å². The molecule has 2 N–H and O–H groups in total. The van der Waals surface area contributed by atoms with Crippen molar-refractivity contribution in [3.63, 3.8) is 0 Å². The number of benzene rings is 1. The summed E-state index contributed by atoms with van der Waals surface area (Å²) in [6, 6.07) is 5.92. The molecule has 0 aromatic heterocycles. The lowest BCUT2D eigenvalue weighted by Gasteiger charge is -2.34. The van der Waals surface area contributed by atoms with Crippen molar-refractivity contribution in [1.82, 2.24) is 10.2 Å². The van der Waals surface area contributed by atoms with Gasteiger partial charge in [-0.25, -0.2) is 9.18 Å². The lowest BCUT2D eigenvalue weighted by molar-refractivity contribution is 0.0131. The number of urea groups is 1. The molecule has 0 unspecified atom stereocenters. The second kappa shape index (κ2) is 14.1. The smallest absolute Gasteiger partial charge is 0.321 e. The zero-order chi connectivity index (χ0) is 21.6. The fourth-order valence-electron chi connectivity index (χ4n) is 3.79. The Kier molecular flexibility index (Phi) is 11.5. The van der Waals surface area contributed by atoms with Crippen LogP contribution in [0.5, 0.6) is 0 Å². The first-order valence-electron chi connectivity index (χ1n) is 11.3. The summed E-state index contributed by atoms with van der Waals surface area (Å²) in [5.74, 6) is -0.309. The summed E-state index contributed by atoms with van der Waals surface area (Å²) >= 11 is 0. The summed E-state index contributed by atoms with van der Waals surface area (Å²) in [5.41, 5.74) is 0.609. The highest BCUT2D eigenvalue weighted by molar-refractivity contribution is 5.89. The van der Waals surface area contributed by atoms with Crippen molar-refractivity contribution >= 4 is 11.7 Å². The van der Waals surface area contributed by atoms with Gasteiger partial charge in [0.25, 0.3) is 0 Å². The van der Waals surface area contributed by atoms with Gasteiger partial charge in [-0.1, -0.05) is 18.9 Å². The van der Waals surface area contributed by atoms with Gasteiger partial charge in [-0.15, -0.1) is 6.58 Å². The average Bonchev–Trinajstić information content (AvgIpc) is 2.76. The molecule has 2 rings (SSSR count). The van der Waals surface area contributed by atoms with E-state index in [-0.39, 0.29) is 17.9 Å². The molecule has 1 aliphatic rings. The molecular formula is C24H38FN3O2. The summed E-state index contributed by atoms with van der Waals surface area (Å²) < 4.78 is 19.0. The van der Waals surface area contributed by atoms with Crippen molar-refractivity contribution in [3.8, 4) is 0 Å². The minimum Gasteiger partial charge on any atom is -0.378 e. The Morgan fingerprint density at radius 3 is 2.53 bits per heavy atom. The second-order valence-corrected chi connectivity index (χ2v) is 8.09. The van der Waals surface area contributed by atoms with Crippen molar-refractivity contribution in [3.05, 3.63) is 42.7 Å². The van der Waals surface area contributed by atoms with Gasteiger partial charge in [0, 0.05) is 25.4 Å². The number of nitrogens with zero attached hydrogens (tertiary/aromatic N) is 1. The largest absolute Gasteiger partial charge is 0.378 e. The first-order chi connectivity index (χ1) is 14.6. The van der Waals surface area contributed by atoms with Gasteiger partial charge < -0.3 is 20.3 Å². The molecule has 6 heteroatoms. The molecule has 1 aromatic carbocycles. The van der Waals surface area contributed by atoms with Crippen molar-refractivity contribution in [2.75, 3.05) is 32.1 Å². The monoisotopic (exact) mass is 419 g/mol. The summed E-state index contributed by atoms with van der Waals surface area (Å²) in [7, 11) is 1.83. The number of hydrogen-bond donors (Lipinski definition) is 2. The van der Waals surface area contributed by atoms with E-state index in [4.69, 9.17) is 4.74 Å². The Labute approximate surface area is 181 Å². The van der Waals surface area contributed by atoms with E-state index < -0.39 is 0 Å². The molecule has 2 amide bonds. The standard InChI is InChI=1S/C24H38FN3O2/c1-3-4-17-26-18-7-5-6-8-19-30-23-15-13-22(14-16-23)28(2)24(29)27-21-11-9-20(25)10-12-21/h3,9-12,22-23,26H,1,4-8,13-19H2,2H3,(H,27,29). The third kappa shape index (κ3) is 9.26. The molecule has 1 fully saturated rings. The van der Waals surface area contributed by atoms with E-state index in [0.29, 0.717) is 11.8 Å². The lowest BCUT2D eigenvalue weighted by atomic mass is 9.92. The average molecular weight is 420 g/mol. The molecule has 0 aliphatic heterocycles. The molecule has 5 nitrogen and oxygen atoms in total. The van der Waals surface area contributed by atoms with Gasteiger partial charge in [0.05, 0.1) is 6.10 Å². The number of carbonyl (C=O) groups is 1. The van der Waals surface area contributed by atoms with E-state index in [0.717, 1.165) is 58.2 Å². The third-order valence-electron chi connectivity index (χ3n) is 5.73. The van der Waals surface area contributed by atoms with Crippen molar-refractivity contribution < 1.29 is 13.9 Å². The van der Waals surface area contributed by atoms with Gasteiger partial charge in [-0.2, -0.15) is 0 Å². The maximum atomic E-state index is 13.0. The van der Waals surface area contributed by atoms with Crippen LogP contribution in [0.3, 0.4) is 0 Å². The Balaban J connectivity index is 1.52. The number of halogens is 1. The molecule has 0 atom stereocenters. The van der Waals surface area contributed by atoms with Crippen LogP contribution in [0.15, 0.2) is 36.9 Å². The first kappa shape index (κ1) is 24.4. The predicted octanol–water partition coefficient (Wildman–Crippen LogP) is 5.34. The molecular weight excluding hydrogens is 381 g/mol. The zero-order valence-corrected chi connectivity index (χ0v) is 18.4. The highest BCUT2D eigenvalue weighted by Crippen LogP contribution is 2.25. The Morgan fingerprint density at radius 1 is 1.13 bits per heavy atom. The summed E-state index contributed by atoms with van der Waals surface area (Å²) in [6.07, 6.45) is 12.0. The van der Waals surface area contributed by atoms with Crippen LogP contribution in [0.4, 0.5) is 14.9 Å². The number of unbranched alkanes of at least 4 members (excludes halogenated alkanes) is 3. The number of anilines is 1. The number of rotatable bonds is 13. The number of amides is 2. The van der Waals surface area contributed by atoms with Gasteiger partial charge in [-0.3, -0.25) is 0 Å². The number of carbonyl (C=O) groups excluding carboxylic acids is 1.